The van der Waals surface area contributed by atoms with Gasteiger partial charge in [-0.1, -0.05) is 0 Å². The van der Waals surface area contributed by atoms with Gasteiger partial charge in [0.05, 0.1) is 14.2 Å². The predicted molar refractivity (Wildman–Crippen MR) is 71.8 cm³/mol. The van der Waals surface area contributed by atoms with Gasteiger partial charge in [-0.3, -0.25) is 0 Å². The van der Waals surface area contributed by atoms with Crippen LogP contribution >= 0.6 is 0 Å². The first kappa shape index (κ1) is 13.6. The SMILES string of the molecule is COc1ccc(Nc2cc(C(=O)O)c(OC)nn2)cc1. The molecule has 0 saturated carbocycles. The number of nitrogens with zero attached hydrogens (tertiary/aromatic N) is 2. The molecule has 0 aliphatic carbocycles. The lowest BCUT2D eigenvalue weighted by Gasteiger charge is -2.08. The summed E-state index contributed by atoms with van der Waals surface area (Å²) in [5, 5.41) is 19.6. The minimum absolute atomic E-state index is 0.0298. The third kappa shape index (κ3) is 2.94. The van der Waals surface area contributed by atoms with Crippen molar-refractivity contribution in [1.29, 1.82) is 0 Å². The van der Waals surface area contributed by atoms with Crippen molar-refractivity contribution in [3.63, 3.8) is 0 Å². The number of hydrogen-bond donors (Lipinski definition) is 2. The molecule has 104 valence electrons. The Morgan fingerprint density at radius 2 is 1.85 bits per heavy atom. The molecule has 0 bridgehead atoms. The highest BCUT2D eigenvalue weighted by Crippen LogP contribution is 2.21. The van der Waals surface area contributed by atoms with Crippen LogP contribution in [-0.2, 0) is 0 Å². The minimum Gasteiger partial charge on any atom is -0.497 e. The lowest BCUT2D eigenvalue weighted by molar-refractivity contribution is 0.0692. The van der Waals surface area contributed by atoms with Crippen LogP contribution in [0.2, 0.25) is 0 Å². The molecule has 1 aromatic heterocycles. The van der Waals surface area contributed by atoms with Gasteiger partial charge in [0.15, 0.2) is 5.82 Å². The van der Waals surface area contributed by atoms with E-state index in [0.717, 1.165) is 11.4 Å². The van der Waals surface area contributed by atoms with Crippen LogP contribution < -0.4 is 14.8 Å². The number of nitrogens with one attached hydrogen (secondary N) is 1. The van der Waals surface area contributed by atoms with Gasteiger partial charge in [-0.15, -0.1) is 10.2 Å². The molecule has 0 aliphatic rings. The van der Waals surface area contributed by atoms with Crippen molar-refractivity contribution in [3.05, 3.63) is 35.9 Å². The lowest BCUT2D eigenvalue weighted by Crippen LogP contribution is -2.06. The number of carboxylic acid groups (broad SMARTS) is 1. The topological polar surface area (TPSA) is 93.6 Å². The molecule has 0 amide bonds. The Hall–Kier alpha value is -2.83. The number of aromatic carboxylic acids is 1. The lowest BCUT2D eigenvalue weighted by atomic mass is 10.2. The van der Waals surface area contributed by atoms with Gasteiger partial charge < -0.3 is 19.9 Å². The number of benzene rings is 1. The molecule has 0 spiro atoms. The zero-order valence-electron chi connectivity index (χ0n) is 11.0. The quantitative estimate of drug-likeness (QED) is 0.861. The van der Waals surface area contributed by atoms with E-state index in [1.807, 2.05) is 0 Å². The van der Waals surface area contributed by atoms with Crippen LogP contribution in [0.3, 0.4) is 0 Å². The molecular weight excluding hydrogens is 262 g/mol. The first-order valence-electron chi connectivity index (χ1n) is 5.70. The van der Waals surface area contributed by atoms with E-state index in [1.54, 1.807) is 31.4 Å². The zero-order valence-corrected chi connectivity index (χ0v) is 11.0. The van der Waals surface area contributed by atoms with Crippen molar-refractivity contribution in [1.82, 2.24) is 10.2 Å². The van der Waals surface area contributed by atoms with E-state index < -0.39 is 5.97 Å². The largest absolute Gasteiger partial charge is 0.497 e. The molecule has 2 rings (SSSR count). The summed E-state index contributed by atoms with van der Waals surface area (Å²) in [5.74, 6) is -0.122. The summed E-state index contributed by atoms with van der Waals surface area (Å²) in [6.45, 7) is 0. The number of carbonyl (C=O) groups is 1. The van der Waals surface area contributed by atoms with Crippen LogP contribution in [-0.4, -0.2) is 35.5 Å². The summed E-state index contributed by atoms with van der Waals surface area (Å²) in [4.78, 5) is 11.1. The standard InChI is InChI=1S/C13H13N3O4/c1-19-9-5-3-8(4-6-9)14-11-7-10(13(17)18)12(20-2)16-15-11/h3-7H,1-2H3,(H,14,15)(H,17,18). The molecule has 7 nitrogen and oxygen atoms in total. The van der Waals surface area contributed by atoms with E-state index in [4.69, 9.17) is 14.6 Å². The summed E-state index contributed by atoms with van der Waals surface area (Å²) < 4.78 is 9.89. The third-order valence-corrected chi connectivity index (χ3v) is 2.55. The Balaban J connectivity index is 2.24. The van der Waals surface area contributed by atoms with E-state index >= 15 is 0 Å². The Kier molecular flexibility index (Phi) is 3.99. The molecule has 20 heavy (non-hydrogen) atoms. The van der Waals surface area contributed by atoms with Crippen LogP contribution in [0.5, 0.6) is 11.6 Å². The average Bonchev–Trinajstić information content (AvgIpc) is 2.48. The van der Waals surface area contributed by atoms with Gasteiger partial charge in [0.25, 0.3) is 0 Å². The fraction of sp³-hybridized carbons (Fsp3) is 0.154. The fourth-order valence-corrected chi connectivity index (χ4v) is 1.57. The highest BCUT2D eigenvalue weighted by molar-refractivity contribution is 5.91. The molecule has 1 aromatic carbocycles. The summed E-state index contributed by atoms with van der Waals surface area (Å²) >= 11 is 0. The van der Waals surface area contributed by atoms with Crippen LogP contribution in [0.1, 0.15) is 10.4 Å². The number of rotatable bonds is 5. The van der Waals surface area contributed by atoms with Crippen molar-refractivity contribution >= 4 is 17.5 Å². The number of anilines is 2. The molecular formula is C13H13N3O4. The summed E-state index contributed by atoms with van der Waals surface area (Å²) in [6.07, 6.45) is 0. The van der Waals surface area contributed by atoms with Gasteiger partial charge in [-0.25, -0.2) is 4.79 Å². The number of aromatic nitrogens is 2. The van der Waals surface area contributed by atoms with E-state index in [-0.39, 0.29) is 11.4 Å². The van der Waals surface area contributed by atoms with Gasteiger partial charge in [0.1, 0.15) is 11.3 Å². The Morgan fingerprint density at radius 3 is 2.40 bits per heavy atom. The molecule has 0 unspecified atom stereocenters. The smallest absolute Gasteiger partial charge is 0.341 e. The molecule has 0 radical (unpaired) electrons. The van der Waals surface area contributed by atoms with Crippen molar-refractivity contribution < 1.29 is 19.4 Å². The Bertz CT molecular complexity index is 614. The average molecular weight is 275 g/mol. The fourth-order valence-electron chi connectivity index (χ4n) is 1.57. The second kappa shape index (κ2) is 5.87. The van der Waals surface area contributed by atoms with Gasteiger partial charge >= 0.3 is 5.97 Å². The zero-order chi connectivity index (χ0) is 14.5. The van der Waals surface area contributed by atoms with Crippen molar-refractivity contribution in [2.75, 3.05) is 19.5 Å². The molecule has 0 saturated heterocycles. The Labute approximate surface area is 115 Å². The van der Waals surface area contributed by atoms with Gasteiger partial charge in [-0.2, -0.15) is 0 Å². The van der Waals surface area contributed by atoms with Gasteiger partial charge in [0, 0.05) is 11.8 Å². The number of hydrogen-bond acceptors (Lipinski definition) is 6. The Morgan fingerprint density at radius 1 is 1.15 bits per heavy atom. The third-order valence-electron chi connectivity index (χ3n) is 2.55. The number of methoxy groups -OCH3 is 2. The van der Waals surface area contributed by atoms with E-state index in [0.29, 0.717) is 5.82 Å². The normalized spacial score (nSPS) is 9.90. The molecule has 0 aliphatic heterocycles. The van der Waals surface area contributed by atoms with Crippen molar-refractivity contribution in [2.24, 2.45) is 0 Å². The highest BCUT2D eigenvalue weighted by atomic mass is 16.5. The second-order valence-corrected chi connectivity index (χ2v) is 3.81. The van der Waals surface area contributed by atoms with Gasteiger partial charge in [0.2, 0.25) is 5.88 Å². The highest BCUT2D eigenvalue weighted by Gasteiger charge is 2.14. The minimum atomic E-state index is -1.13. The van der Waals surface area contributed by atoms with E-state index in [2.05, 4.69) is 15.5 Å². The maximum absolute atomic E-state index is 11.1. The predicted octanol–water partition coefficient (Wildman–Crippen LogP) is 1.94. The van der Waals surface area contributed by atoms with Crippen molar-refractivity contribution in [3.8, 4) is 11.6 Å². The molecule has 1 heterocycles. The first-order valence-corrected chi connectivity index (χ1v) is 5.70. The molecule has 2 aromatic rings. The molecule has 0 atom stereocenters. The van der Waals surface area contributed by atoms with Crippen LogP contribution in [0, 0.1) is 0 Å². The monoisotopic (exact) mass is 275 g/mol. The van der Waals surface area contributed by atoms with Crippen LogP contribution in [0.4, 0.5) is 11.5 Å². The van der Waals surface area contributed by atoms with Gasteiger partial charge in [-0.05, 0) is 24.3 Å². The van der Waals surface area contributed by atoms with Crippen molar-refractivity contribution in [2.45, 2.75) is 0 Å². The summed E-state index contributed by atoms with van der Waals surface area (Å²) in [5.41, 5.74) is 0.681. The maximum Gasteiger partial charge on any atom is 0.341 e. The maximum atomic E-state index is 11.1. The summed E-state index contributed by atoms with van der Waals surface area (Å²) in [6, 6.07) is 8.48. The summed E-state index contributed by atoms with van der Waals surface area (Å²) in [7, 11) is 2.92. The number of carboxylic acids is 1. The van der Waals surface area contributed by atoms with E-state index in [1.165, 1.54) is 13.2 Å². The first-order chi connectivity index (χ1) is 9.63. The molecule has 2 N–H and O–H groups in total. The molecule has 0 fully saturated rings. The van der Waals surface area contributed by atoms with E-state index in [9.17, 15) is 4.79 Å². The van der Waals surface area contributed by atoms with Crippen LogP contribution in [0.15, 0.2) is 30.3 Å². The molecule has 7 heteroatoms. The van der Waals surface area contributed by atoms with Crippen LogP contribution in [0.25, 0.3) is 0 Å². The number of ether oxygens (including phenoxy) is 2. The second-order valence-electron chi connectivity index (χ2n) is 3.81.